The van der Waals surface area contributed by atoms with E-state index in [9.17, 15) is 10.2 Å². The molecule has 0 spiro atoms. The second-order valence-electron chi connectivity index (χ2n) is 6.85. The normalized spacial score (nSPS) is 13.3. The zero-order valence-electron chi connectivity index (χ0n) is 17.0. The lowest BCUT2D eigenvalue weighted by Crippen LogP contribution is -1.97. The minimum atomic E-state index is 0.203. The summed E-state index contributed by atoms with van der Waals surface area (Å²) in [5.74, 6) is 2.26. The van der Waals surface area contributed by atoms with Gasteiger partial charge in [0.2, 0.25) is 0 Å². The Labute approximate surface area is 166 Å². The molecule has 0 radical (unpaired) electrons. The van der Waals surface area contributed by atoms with Gasteiger partial charge in [0, 0.05) is 11.1 Å². The van der Waals surface area contributed by atoms with Gasteiger partial charge in [0.1, 0.15) is 23.0 Å². The topological polar surface area (TPSA) is 58.9 Å². The van der Waals surface area contributed by atoms with E-state index in [4.69, 9.17) is 9.47 Å². The minimum absolute atomic E-state index is 0.203. The summed E-state index contributed by atoms with van der Waals surface area (Å²) in [7, 11) is 3.23. The van der Waals surface area contributed by atoms with Crippen molar-refractivity contribution in [2.75, 3.05) is 14.2 Å². The molecule has 27 heavy (non-hydrogen) atoms. The van der Waals surface area contributed by atoms with Gasteiger partial charge in [0.15, 0.2) is 0 Å². The highest BCUT2D eigenvalue weighted by molar-refractivity contribution is 7.99. The number of methoxy groups -OCH3 is 2. The molecule has 2 aromatic carbocycles. The summed E-state index contributed by atoms with van der Waals surface area (Å²) in [6.07, 6.45) is 1.82. The molecule has 0 aliphatic heterocycles. The van der Waals surface area contributed by atoms with Gasteiger partial charge in [-0.1, -0.05) is 39.5 Å². The molecule has 0 fully saturated rings. The van der Waals surface area contributed by atoms with Gasteiger partial charge in [-0.15, -0.1) is 0 Å². The molecule has 2 rings (SSSR count). The lowest BCUT2D eigenvalue weighted by atomic mass is 9.97. The molecule has 0 bridgehead atoms. The highest BCUT2D eigenvalue weighted by atomic mass is 32.2. The molecular formula is C22H30O4S. The molecule has 0 saturated heterocycles. The van der Waals surface area contributed by atoms with E-state index in [1.165, 1.54) is 11.8 Å². The number of phenols is 2. The second kappa shape index (κ2) is 9.27. The zero-order valence-corrected chi connectivity index (χ0v) is 17.8. The number of hydrogen-bond donors (Lipinski definition) is 2. The maximum absolute atomic E-state index is 10.8. The van der Waals surface area contributed by atoms with Gasteiger partial charge >= 0.3 is 0 Å². The first-order valence-corrected chi connectivity index (χ1v) is 10.2. The van der Waals surface area contributed by atoms with Crippen molar-refractivity contribution in [3.05, 3.63) is 35.4 Å². The van der Waals surface area contributed by atoms with Gasteiger partial charge in [-0.25, -0.2) is 0 Å². The van der Waals surface area contributed by atoms with Crippen molar-refractivity contribution in [2.24, 2.45) is 0 Å². The van der Waals surface area contributed by atoms with Crippen LogP contribution in [0.5, 0.6) is 23.0 Å². The van der Waals surface area contributed by atoms with E-state index in [-0.39, 0.29) is 23.3 Å². The Kier molecular flexibility index (Phi) is 7.31. The predicted octanol–water partition coefficient (Wildman–Crippen LogP) is 6.29. The van der Waals surface area contributed by atoms with Crippen LogP contribution in [0.1, 0.15) is 63.5 Å². The van der Waals surface area contributed by atoms with Crippen molar-refractivity contribution in [3.63, 3.8) is 0 Å². The van der Waals surface area contributed by atoms with Crippen molar-refractivity contribution >= 4 is 11.8 Å². The lowest BCUT2D eigenvalue weighted by molar-refractivity contribution is 0.403. The Morgan fingerprint density at radius 1 is 0.778 bits per heavy atom. The summed E-state index contributed by atoms with van der Waals surface area (Å²) in [5.41, 5.74) is 1.70. The Bertz CT molecular complexity index is 723. The number of rotatable bonds is 8. The average molecular weight is 391 g/mol. The fraction of sp³-hybridized carbons (Fsp3) is 0.455. The first kappa shape index (κ1) is 21.3. The fourth-order valence-corrected chi connectivity index (χ4v) is 3.92. The summed E-state index contributed by atoms with van der Waals surface area (Å²) in [6, 6.07) is 7.36. The van der Waals surface area contributed by atoms with Crippen molar-refractivity contribution in [1.29, 1.82) is 0 Å². The predicted molar refractivity (Wildman–Crippen MR) is 111 cm³/mol. The molecular weight excluding hydrogens is 360 g/mol. The van der Waals surface area contributed by atoms with Gasteiger partial charge in [0.05, 0.1) is 24.0 Å². The number of hydrogen-bond acceptors (Lipinski definition) is 5. The van der Waals surface area contributed by atoms with Gasteiger partial charge in [-0.3, -0.25) is 0 Å². The molecule has 0 heterocycles. The molecule has 2 unspecified atom stereocenters. The lowest BCUT2D eigenvalue weighted by Gasteiger charge is -2.19. The van der Waals surface area contributed by atoms with Crippen LogP contribution in [0.25, 0.3) is 0 Å². The maximum Gasteiger partial charge on any atom is 0.133 e. The third-order valence-corrected chi connectivity index (χ3v) is 6.20. The second-order valence-corrected chi connectivity index (χ2v) is 7.93. The fourth-order valence-electron chi connectivity index (χ4n) is 2.91. The molecule has 0 aliphatic carbocycles. The monoisotopic (exact) mass is 390 g/mol. The molecule has 2 aromatic rings. The van der Waals surface area contributed by atoms with Crippen molar-refractivity contribution in [2.45, 2.75) is 62.2 Å². The summed E-state index contributed by atoms with van der Waals surface area (Å²) in [5, 5.41) is 21.6. The van der Waals surface area contributed by atoms with E-state index in [0.717, 1.165) is 24.0 Å². The van der Waals surface area contributed by atoms with Gasteiger partial charge < -0.3 is 19.7 Å². The largest absolute Gasteiger partial charge is 0.506 e. The molecule has 2 atom stereocenters. The summed E-state index contributed by atoms with van der Waals surface area (Å²) in [6.45, 7) is 8.32. The average Bonchev–Trinajstić information content (AvgIpc) is 2.69. The SMILES string of the molecule is CCC(C)c1cc(OC)cc(Sc2cc(OC)cc(C(C)CC)c2O)c1O. The van der Waals surface area contributed by atoms with Crippen molar-refractivity contribution in [1.82, 2.24) is 0 Å². The highest BCUT2D eigenvalue weighted by Crippen LogP contribution is 2.47. The minimum Gasteiger partial charge on any atom is -0.506 e. The van der Waals surface area contributed by atoms with E-state index in [2.05, 4.69) is 27.7 Å². The maximum atomic E-state index is 10.8. The van der Waals surface area contributed by atoms with Crippen LogP contribution >= 0.6 is 11.8 Å². The zero-order chi connectivity index (χ0) is 20.1. The third-order valence-electron chi connectivity index (χ3n) is 5.13. The number of aromatic hydroxyl groups is 2. The standard InChI is InChI=1S/C22H30O4S/c1-7-13(3)17-9-15(25-5)11-19(21(17)23)27-20-12-16(26-6)10-18(22(20)24)14(4)8-2/h9-14,23-24H,7-8H2,1-6H3. The van der Waals surface area contributed by atoms with Crippen LogP contribution in [-0.4, -0.2) is 24.4 Å². The number of benzene rings is 2. The van der Waals surface area contributed by atoms with Crippen molar-refractivity contribution < 1.29 is 19.7 Å². The third kappa shape index (κ3) is 4.64. The molecule has 0 aromatic heterocycles. The van der Waals surface area contributed by atoms with Gasteiger partial charge in [-0.2, -0.15) is 0 Å². The quantitative estimate of drug-likeness (QED) is 0.554. The van der Waals surface area contributed by atoms with E-state index in [0.29, 0.717) is 21.3 Å². The molecule has 2 N–H and O–H groups in total. The molecule has 4 nitrogen and oxygen atoms in total. The number of phenolic OH excluding ortho intramolecular Hbond substituents is 2. The molecule has 0 aliphatic rings. The van der Waals surface area contributed by atoms with Crippen LogP contribution in [0.4, 0.5) is 0 Å². The van der Waals surface area contributed by atoms with Crippen LogP contribution in [0.2, 0.25) is 0 Å². The van der Waals surface area contributed by atoms with Crippen LogP contribution in [0.3, 0.4) is 0 Å². The Morgan fingerprint density at radius 3 is 1.44 bits per heavy atom. The van der Waals surface area contributed by atoms with Crippen LogP contribution in [-0.2, 0) is 0 Å². The smallest absolute Gasteiger partial charge is 0.133 e. The number of ether oxygens (including phenoxy) is 2. The van der Waals surface area contributed by atoms with Crippen LogP contribution in [0.15, 0.2) is 34.1 Å². The van der Waals surface area contributed by atoms with Crippen LogP contribution in [0, 0.1) is 0 Å². The summed E-state index contributed by atoms with van der Waals surface area (Å²) in [4.78, 5) is 1.31. The van der Waals surface area contributed by atoms with E-state index in [1.54, 1.807) is 26.4 Å². The van der Waals surface area contributed by atoms with E-state index in [1.807, 2.05) is 12.1 Å². The van der Waals surface area contributed by atoms with E-state index < -0.39 is 0 Å². The molecule has 0 saturated carbocycles. The van der Waals surface area contributed by atoms with Crippen molar-refractivity contribution in [3.8, 4) is 23.0 Å². The Morgan fingerprint density at radius 2 is 1.15 bits per heavy atom. The molecule has 5 heteroatoms. The van der Waals surface area contributed by atoms with Crippen LogP contribution < -0.4 is 9.47 Å². The van der Waals surface area contributed by atoms with Gasteiger partial charge in [0.25, 0.3) is 0 Å². The first-order chi connectivity index (χ1) is 12.9. The highest BCUT2D eigenvalue weighted by Gasteiger charge is 2.20. The van der Waals surface area contributed by atoms with E-state index >= 15 is 0 Å². The molecule has 148 valence electrons. The summed E-state index contributed by atoms with van der Waals surface area (Å²) >= 11 is 1.32. The first-order valence-electron chi connectivity index (χ1n) is 9.35. The molecule has 0 amide bonds. The van der Waals surface area contributed by atoms with Gasteiger partial charge in [-0.05, 0) is 48.9 Å². The Balaban J connectivity index is 2.56. The Hall–Kier alpha value is -2.01. The summed E-state index contributed by atoms with van der Waals surface area (Å²) < 4.78 is 10.9.